The maximum Gasteiger partial charge on any atom is 0.0949 e. The number of benzene rings is 1. The highest BCUT2D eigenvalue weighted by atomic mass is 35.5. The van der Waals surface area contributed by atoms with Crippen molar-refractivity contribution >= 4 is 40.5 Å². The van der Waals surface area contributed by atoms with E-state index in [1.807, 2.05) is 13.0 Å². The van der Waals surface area contributed by atoms with E-state index in [9.17, 15) is 0 Å². The number of aromatic nitrogens is 1. The summed E-state index contributed by atoms with van der Waals surface area (Å²) in [6.45, 7) is 1.91. The standard InChI is InChI=1S/C12H9Cl3N2/c1-6-2-3-17-12(11(6)16)7-4-9(14)10(15)5-8(7)13/h2-5H,16H2,1H3. The van der Waals surface area contributed by atoms with Crippen LogP contribution in [0.25, 0.3) is 11.3 Å². The molecule has 0 unspecified atom stereocenters. The highest BCUT2D eigenvalue weighted by Crippen LogP contribution is 2.37. The number of nitrogen functional groups attached to an aromatic ring is 1. The van der Waals surface area contributed by atoms with E-state index < -0.39 is 0 Å². The van der Waals surface area contributed by atoms with Crippen molar-refractivity contribution in [1.82, 2.24) is 4.98 Å². The number of aryl methyl sites for hydroxylation is 1. The Morgan fingerprint density at radius 1 is 1.06 bits per heavy atom. The van der Waals surface area contributed by atoms with Crippen LogP contribution in [0.1, 0.15) is 5.56 Å². The van der Waals surface area contributed by atoms with Crippen molar-refractivity contribution in [2.75, 3.05) is 5.73 Å². The number of hydrogen-bond donors (Lipinski definition) is 1. The Kier molecular flexibility index (Phi) is 3.48. The molecule has 0 aliphatic heterocycles. The van der Waals surface area contributed by atoms with Gasteiger partial charge in [-0.15, -0.1) is 0 Å². The second-order valence-corrected chi connectivity index (χ2v) is 4.86. The maximum absolute atomic E-state index is 6.12. The maximum atomic E-state index is 6.12. The largest absolute Gasteiger partial charge is 0.397 e. The lowest BCUT2D eigenvalue weighted by molar-refractivity contribution is 1.29. The van der Waals surface area contributed by atoms with Gasteiger partial charge in [0, 0.05) is 11.8 Å². The van der Waals surface area contributed by atoms with Gasteiger partial charge >= 0.3 is 0 Å². The fourth-order valence-electron chi connectivity index (χ4n) is 1.49. The van der Waals surface area contributed by atoms with Crippen LogP contribution in [0.4, 0.5) is 5.69 Å². The summed E-state index contributed by atoms with van der Waals surface area (Å²) in [6.07, 6.45) is 1.68. The first-order valence-corrected chi connectivity index (χ1v) is 6.00. The first-order valence-electron chi connectivity index (χ1n) is 4.86. The molecule has 2 rings (SSSR count). The molecule has 1 aromatic heterocycles. The zero-order valence-corrected chi connectivity index (χ0v) is 11.2. The average molecular weight is 288 g/mol. The van der Waals surface area contributed by atoms with Crippen molar-refractivity contribution < 1.29 is 0 Å². The molecule has 5 heteroatoms. The Morgan fingerprint density at radius 2 is 1.71 bits per heavy atom. The Labute approximate surface area is 114 Å². The summed E-state index contributed by atoms with van der Waals surface area (Å²) in [6, 6.07) is 5.10. The zero-order valence-electron chi connectivity index (χ0n) is 8.97. The number of anilines is 1. The number of nitrogens with two attached hydrogens (primary N) is 1. The van der Waals surface area contributed by atoms with Crippen LogP contribution in [0.15, 0.2) is 24.4 Å². The molecule has 0 saturated heterocycles. The molecule has 0 bridgehead atoms. The Balaban J connectivity index is 2.69. The molecule has 0 fully saturated rings. The van der Waals surface area contributed by atoms with Crippen molar-refractivity contribution in [3.8, 4) is 11.3 Å². The molecule has 0 aliphatic rings. The molecule has 88 valence electrons. The highest BCUT2D eigenvalue weighted by molar-refractivity contribution is 6.44. The Bertz CT molecular complexity index is 582. The van der Waals surface area contributed by atoms with Gasteiger partial charge in [-0.2, -0.15) is 0 Å². The van der Waals surface area contributed by atoms with Crippen molar-refractivity contribution in [2.24, 2.45) is 0 Å². The van der Waals surface area contributed by atoms with E-state index in [2.05, 4.69) is 4.98 Å². The minimum Gasteiger partial charge on any atom is -0.397 e. The van der Waals surface area contributed by atoms with Crippen LogP contribution in [-0.4, -0.2) is 4.98 Å². The lowest BCUT2D eigenvalue weighted by Crippen LogP contribution is -1.96. The SMILES string of the molecule is Cc1ccnc(-c2cc(Cl)c(Cl)cc2Cl)c1N. The Hall–Kier alpha value is -0.960. The van der Waals surface area contributed by atoms with Gasteiger partial charge in [0.2, 0.25) is 0 Å². The molecule has 17 heavy (non-hydrogen) atoms. The summed E-state index contributed by atoms with van der Waals surface area (Å²) in [4.78, 5) is 4.23. The molecule has 2 N–H and O–H groups in total. The first kappa shape index (κ1) is 12.5. The van der Waals surface area contributed by atoms with Gasteiger partial charge in [-0.1, -0.05) is 34.8 Å². The van der Waals surface area contributed by atoms with E-state index in [4.69, 9.17) is 40.5 Å². The number of halogens is 3. The predicted molar refractivity (Wildman–Crippen MR) is 73.9 cm³/mol. The molecular weight excluding hydrogens is 279 g/mol. The summed E-state index contributed by atoms with van der Waals surface area (Å²) in [7, 11) is 0. The first-order chi connectivity index (χ1) is 8.00. The smallest absolute Gasteiger partial charge is 0.0949 e. The number of hydrogen-bond acceptors (Lipinski definition) is 2. The number of nitrogens with zero attached hydrogens (tertiary/aromatic N) is 1. The molecular formula is C12H9Cl3N2. The second-order valence-electron chi connectivity index (χ2n) is 3.64. The van der Waals surface area contributed by atoms with Crippen molar-refractivity contribution in [2.45, 2.75) is 6.92 Å². The monoisotopic (exact) mass is 286 g/mol. The minimum atomic E-state index is 0.409. The molecule has 1 heterocycles. The van der Waals surface area contributed by atoms with Gasteiger partial charge in [0.15, 0.2) is 0 Å². The van der Waals surface area contributed by atoms with E-state index in [1.165, 1.54) is 0 Å². The van der Waals surface area contributed by atoms with Gasteiger partial charge in [-0.3, -0.25) is 4.98 Å². The molecule has 0 aliphatic carbocycles. The molecule has 1 aromatic carbocycles. The highest BCUT2D eigenvalue weighted by Gasteiger charge is 2.12. The molecule has 0 radical (unpaired) electrons. The average Bonchev–Trinajstić information content (AvgIpc) is 2.28. The summed E-state index contributed by atoms with van der Waals surface area (Å²) >= 11 is 18.0. The minimum absolute atomic E-state index is 0.409. The van der Waals surface area contributed by atoms with Crippen LogP contribution in [0.2, 0.25) is 15.1 Å². The second kappa shape index (κ2) is 4.73. The van der Waals surface area contributed by atoms with Gasteiger partial charge < -0.3 is 5.73 Å². The van der Waals surface area contributed by atoms with Gasteiger partial charge in [0.05, 0.1) is 26.4 Å². The lowest BCUT2D eigenvalue weighted by Gasteiger charge is -2.10. The summed E-state index contributed by atoms with van der Waals surface area (Å²) in [5, 5.41) is 1.31. The van der Waals surface area contributed by atoms with Crippen LogP contribution in [0.5, 0.6) is 0 Å². The lowest BCUT2D eigenvalue weighted by atomic mass is 10.1. The molecule has 0 saturated carbocycles. The van der Waals surface area contributed by atoms with Gasteiger partial charge in [-0.25, -0.2) is 0 Å². The van der Waals surface area contributed by atoms with E-state index in [-0.39, 0.29) is 0 Å². The number of rotatable bonds is 1. The summed E-state index contributed by atoms with van der Waals surface area (Å²) in [5.41, 5.74) is 8.81. The predicted octanol–water partition coefficient (Wildman–Crippen LogP) is 4.60. The summed E-state index contributed by atoms with van der Waals surface area (Å²) < 4.78 is 0. The van der Waals surface area contributed by atoms with E-state index in [0.717, 1.165) is 5.56 Å². The van der Waals surface area contributed by atoms with E-state index in [0.29, 0.717) is 32.0 Å². The van der Waals surface area contributed by atoms with E-state index in [1.54, 1.807) is 18.3 Å². The quantitative estimate of drug-likeness (QED) is 0.779. The van der Waals surface area contributed by atoms with Crippen molar-refractivity contribution in [1.29, 1.82) is 0 Å². The molecule has 0 atom stereocenters. The zero-order chi connectivity index (χ0) is 12.6. The van der Waals surface area contributed by atoms with Crippen LogP contribution in [-0.2, 0) is 0 Å². The molecule has 0 amide bonds. The van der Waals surface area contributed by atoms with Crippen LogP contribution in [0.3, 0.4) is 0 Å². The fourth-order valence-corrected chi connectivity index (χ4v) is 2.12. The number of pyridine rings is 1. The third-order valence-corrected chi connectivity index (χ3v) is 3.51. The third kappa shape index (κ3) is 2.34. The normalized spacial score (nSPS) is 10.6. The van der Waals surface area contributed by atoms with E-state index >= 15 is 0 Å². The van der Waals surface area contributed by atoms with Crippen LogP contribution in [0, 0.1) is 6.92 Å². The van der Waals surface area contributed by atoms with Gasteiger partial charge in [0.25, 0.3) is 0 Å². The van der Waals surface area contributed by atoms with Crippen molar-refractivity contribution in [3.05, 3.63) is 45.0 Å². The topological polar surface area (TPSA) is 38.9 Å². The van der Waals surface area contributed by atoms with Gasteiger partial charge in [-0.05, 0) is 30.7 Å². The molecule has 0 spiro atoms. The third-order valence-electron chi connectivity index (χ3n) is 2.47. The van der Waals surface area contributed by atoms with Crippen LogP contribution >= 0.6 is 34.8 Å². The fraction of sp³-hybridized carbons (Fsp3) is 0.0833. The molecule has 2 aromatic rings. The van der Waals surface area contributed by atoms with Crippen LogP contribution < -0.4 is 5.73 Å². The molecule has 2 nitrogen and oxygen atoms in total. The summed E-state index contributed by atoms with van der Waals surface area (Å²) in [5.74, 6) is 0. The van der Waals surface area contributed by atoms with Gasteiger partial charge in [0.1, 0.15) is 0 Å². The van der Waals surface area contributed by atoms with Crippen molar-refractivity contribution in [3.63, 3.8) is 0 Å². The Morgan fingerprint density at radius 3 is 2.41 bits per heavy atom.